The van der Waals surface area contributed by atoms with Gasteiger partial charge in [0.15, 0.2) is 0 Å². The Morgan fingerprint density at radius 3 is 2.27 bits per heavy atom. The number of halogens is 1. The summed E-state index contributed by atoms with van der Waals surface area (Å²) >= 11 is 3.48. The van der Waals surface area contributed by atoms with Gasteiger partial charge in [0.1, 0.15) is 11.5 Å². The summed E-state index contributed by atoms with van der Waals surface area (Å²) in [7, 11) is 0. The zero-order valence-electron chi connectivity index (χ0n) is 14.0. The molecule has 118 valence electrons. The van der Waals surface area contributed by atoms with Gasteiger partial charge in [-0.25, -0.2) is 0 Å². The van der Waals surface area contributed by atoms with Gasteiger partial charge in [-0.05, 0) is 74.7 Å². The number of rotatable bonds is 3. The molecule has 0 aliphatic rings. The molecule has 0 radical (unpaired) electrons. The molecule has 2 aromatic rings. The van der Waals surface area contributed by atoms with E-state index in [0.717, 1.165) is 27.0 Å². The van der Waals surface area contributed by atoms with Crippen LogP contribution in [0.15, 0.2) is 27.1 Å². The maximum atomic E-state index is 13.1. The van der Waals surface area contributed by atoms with Crippen molar-refractivity contribution in [3.63, 3.8) is 0 Å². The standard InChI is InChI=1S/C18H22BrNO2/c1-10(2)20(15-9-11(3)7-8-12(15)4)18(21)16-13(5)22-14(6)17(16)19/h7-10H,1-6H3. The minimum Gasteiger partial charge on any atom is -0.465 e. The number of carbonyl (C=O) groups is 1. The second-order valence-electron chi connectivity index (χ2n) is 5.96. The Hall–Kier alpha value is -1.55. The smallest absolute Gasteiger partial charge is 0.263 e. The summed E-state index contributed by atoms with van der Waals surface area (Å²) in [5.41, 5.74) is 3.78. The lowest BCUT2D eigenvalue weighted by Crippen LogP contribution is -2.38. The summed E-state index contributed by atoms with van der Waals surface area (Å²) in [5.74, 6) is 1.33. The van der Waals surface area contributed by atoms with Gasteiger partial charge < -0.3 is 9.32 Å². The summed E-state index contributed by atoms with van der Waals surface area (Å²) in [6.45, 7) is 11.8. The number of anilines is 1. The topological polar surface area (TPSA) is 33.5 Å². The fourth-order valence-corrected chi connectivity index (χ4v) is 3.15. The SMILES string of the molecule is Cc1ccc(C)c(N(C(=O)c2c(C)oc(C)c2Br)C(C)C)c1. The molecule has 0 spiro atoms. The molecule has 0 saturated heterocycles. The van der Waals surface area contributed by atoms with Crippen LogP contribution in [0.4, 0.5) is 5.69 Å². The van der Waals surface area contributed by atoms with Crippen LogP contribution in [0, 0.1) is 27.7 Å². The van der Waals surface area contributed by atoms with Crippen molar-refractivity contribution in [3.05, 3.63) is 50.9 Å². The van der Waals surface area contributed by atoms with Crippen molar-refractivity contribution in [2.24, 2.45) is 0 Å². The van der Waals surface area contributed by atoms with Gasteiger partial charge in [-0.3, -0.25) is 4.79 Å². The van der Waals surface area contributed by atoms with Crippen LogP contribution >= 0.6 is 15.9 Å². The predicted octanol–water partition coefficient (Wildman–Crippen LogP) is 5.33. The monoisotopic (exact) mass is 363 g/mol. The van der Waals surface area contributed by atoms with Crippen molar-refractivity contribution in [3.8, 4) is 0 Å². The molecule has 22 heavy (non-hydrogen) atoms. The van der Waals surface area contributed by atoms with Crippen LogP contribution in [-0.4, -0.2) is 11.9 Å². The van der Waals surface area contributed by atoms with Crippen LogP contribution in [0.1, 0.15) is 46.9 Å². The van der Waals surface area contributed by atoms with Gasteiger partial charge in [0.25, 0.3) is 5.91 Å². The molecule has 1 aromatic carbocycles. The van der Waals surface area contributed by atoms with Crippen molar-refractivity contribution in [2.75, 3.05) is 4.90 Å². The summed E-state index contributed by atoms with van der Waals surface area (Å²) in [4.78, 5) is 15.0. The molecule has 1 aromatic heterocycles. The van der Waals surface area contributed by atoms with Gasteiger partial charge in [0.2, 0.25) is 0 Å². The number of nitrogens with zero attached hydrogens (tertiary/aromatic N) is 1. The Kier molecular flexibility index (Phi) is 4.81. The lowest BCUT2D eigenvalue weighted by atomic mass is 10.1. The van der Waals surface area contributed by atoms with Crippen LogP contribution in [0.3, 0.4) is 0 Å². The molecular formula is C18H22BrNO2. The quantitative estimate of drug-likeness (QED) is 0.738. The third-order valence-corrected chi connectivity index (χ3v) is 4.71. The first-order valence-electron chi connectivity index (χ1n) is 7.40. The molecule has 1 heterocycles. The number of hydrogen-bond acceptors (Lipinski definition) is 2. The average molecular weight is 364 g/mol. The van der Waals surface area contributed by atoms with E-state index in [2.05, 4.69) is 34.1 Å². The normalized spacial score (nSPS) is 11.1. The first-order chi connectivity index (χ1) is 10.2. The van der Waals surface area contributed by atoms with Gasteiger partial charge in [0.05, 0.1) is 10.0 Å². The zero-order chi connectivity index (χ0) is 16.6. The van der Waals surface area contributed by atoms with Gasteiger partial charge >= 0.3 is 0 Å². The van der Waals surface area contributed by atoms with E-state index in [4.69, 9.17) is 4.42 Å². The number of aryl methyl sites for hydroxylation is 4. The van der Waals surface area contributed by atoms with Crippen LogP contribution in [0.2, 0.25) is 0 Å². The van der Waals surface area contributed by atoms with Gasteiger partial charge in [-0.15, -0.1) is 0 Å². The van der Waals surface area contributed by atoms with Gasteiger partial charge in [-0.2, -0.15) is 0 Å². The van der Waals surface area contributed by atoms with E-state index in [-0.39, 0.29) is 11.9 Å². The van der Waals surface area contributed by atoms with E-state index in [9.17, 15) is 4.79 Å². The van der Waals surface area contributed by atoms with E-state index >= 15 is 0 Å². The molecule has 1 amide bonds. The number of carbonyl (C=O) groups excluding carboxylic acids is 1. The highest BCUT2D eigenvalue weighted by Gasteiger charge is 2.28. The van der Waals surface area contributed by atoms with E-state index < -0.39 is 0 Å². The Balaban J connectivity index is 2.57. The Labute approximate surface area is 140 Å². The van der Waals surface area contributed by atoms with Gasteiger partial charge in [-0.1, -0.05) is 12.1 Å². The third kappa shape index (κ3) is 2.98. The fraction of sp³-hybridized carbons (Fsp3) is 0.389. The fourth-order valence-electron chi connectivity index (χ4n) is 2.62. The Morgan fingerprint density at radius 2 is 1.77 bits per heavy atom. The second-order valence-corrected chi connectivity index (χ2v) is 6.76. The highest BCUT2D eigenvalue weighted by atomic mass is 79.9. The maximum Gasteiger partial charge on any atom is 0.263 e. The van der Waals surface area contributed by atoms with Crippen molar-refractivity contribution >= 4 is 27.5 Å². The molecule has 0 bridgehead atoms. The highest BCUT2D eigenvalue weighted by molar-refractivity contribution is 9.10. The average Bonchev–Trinajstić information content (AvgIpc) is 2.67. The number of furan rings is 1. The first kappa shape index (κ1) is 16.8. The molecule has 0 atom stereocenters. The van der Waals surface area contributed by atoms with E-state index in [1.54, 1.807) is 0 Å². The maximum absolute atomic E-state index is 13.1. The lowest BCUT2D eigenvalue weighted by molar-refractivity contribution is 0.0978. The third-order valence-electron chi connectivity index (χ3n) is 3.76. The molecule has 3 nitrogen and oxygen atoms in total. The molecule has 0 unspecified atom stereocenters. The number of benzene rings is 1. The summed E-state index contributed by atoms with van der Waals surface area (Å²) in [5, 5.41) is 0. The Bertz CT molecular complexity index is 716. The second kappa shape index (κ2) is 6.29. The van der Waals surface area contributed by atoms with Crippen molar-refractivity contribution < 1.29 is 9.21 Å². The van der Waals surface area contributed by atoms with Crippen molar-refractivity contribution in [2.45, 2.75) is 47.6 Å². The predicted molar refractivity (Wildman–Crippen MR) is 93.7 cm³/mol. The molecule has 4 heteroatoms. The molecule has 0 fully saturated rings. The first-order valence-corrected chi connectivity index (χ1v) is 8.19. The van der Waals surface area contributed by atoms with Crippen molar-refractivity contribution in [1.82, 2.24) is 0 Å². The molecular weight excluding hydrogens is 342 g/mol. The molecule has 0 aliphatic carbocycles. The Morgan fingerprint density at radius 1 is 1.14 bits per heavy atom. The number of amides is 1. The van der Waals surface area contributed by atoms with E-state index in [1.165, 1.54) is 0 Å². The largest absolute Gasteiger partial charge is 0.465 e. The van der Waals surface area contributed by atoms with Gasteiger partial charge in [0, 0.05) is 11.7 Å². The highest BCUT2D eigenvalue weighted by Crippen LogP contribution is 2.32. The van der Waals surface area contributed by atoms with Crippen LogP contribution in [0.5, 0.6) is 0 Å². The summed E-state index contributed by atoms with van der Waals surface area (Å²) in [6.07, 6.45) is 0. The van der Waals surface area contributed by atoms with Crippen molar-refractivity contribution in [1.29, 1.82) is 0 Å². The molecule has 0 N–H and O–H groups in total. The summed E-state index contributed by atoms with van der Waals surface area (Å²) < 4.78 is 6.33. The molecule has 2 rings (SSSR count). The molecule has 0 aliphatic heterocycles. The van der Waals surface area contributed by atoms with E-state index in [0.29, 0.717) is 11.3 Å². The minimum atomic E-state index is -0.0371. The number of hydrogen-bond donors (Lipinski definition) is 0. The van der Waals surface area contributed by atoms with Crippen LogP contribution in [0.25, 0.3) is 0 Å². The summed E-state index contributed by atoms with van der Waals surface area (Å²) in [6, 6.07) is 6.22. The minimum absolute atomic E-state index is 0.0371. The van der Waals surface area contributed by atoms with Crippen LogP contribution in [-0.2, 0) is 0 Å². The lowest BCUT2D eigenvalue weighted by Gasteiger charge is -2.28. The zero-order valence-corrected chi connectivity index (χ0v) is 15.5. The molecule has 0 saturated carbocycles. The van der Waals surface area contributed by atoms with E-state index in [1.807, 2.05) is 46.4 Å². The van der Waals surface area contributed by atoms with Crippen LogP contribution < -0.4 is 4.90 Å².